The minimum Gasteiger partial charge on any atom is -0.335 e. The molecule has 1 saturated carbocycles. The van der Waals surface area contributed by atoms with Crippen LogP contribution in [0, 0.1) is 0 Å². The number of carbonyl (C=O) groups is 1. The van der Waals surface area contributed by atoms with Gasteiger partial charge in [-0.3, -0.25) is 0 Å². The number of hydrogen-bond donors (Lipinski definition) is 2. The SMILES string of the molecule is CN(C(=O)NC1CCCCC1)C1CCCNCC1. The van der Waals surface area contributed by atoms with Crippen LogP contribution in [0.5, 0.6) is 0 Å². The van der Waals surface area contributed by atoms with Crippen molar-refractivity contribution < 1.29 is 4.79 Å². The molecular formula is C14H27N3O. The molecule has 1 aliphatic heterocycles. The first-order valence-electron chi connectivity index (χ1n) is 7.51. The predicted octanol–water partition coefficient (Wildman–Crippen LogP) is 2.10. The molecule has 2 amide bonds. The normalized spacial score (nSPS) is 26.4. The maximum Gasteiger partial charge on any atom is 0.317 e. The molecule has 0 aromatic carbocycles. The molecule has 1 unspecified atom stereocenters. The van der Waals surface area contributed by atoms with Crippen molar-refractivity contribution in [1.29, 1.82) is 0 Å². The van der Waals surface area contributed by atoms with Crippen molar-refractivity contribution in [2.24, 2.45) is 0 Å². The summed E-state index contributed by atoms with van der Waals surface area (Å²) in [7, 11) is 1.95. The van der Waals surface area contributed by atoms with Crippen LogP contribution in [-0.2, 0) is 0 Å². The van der Waals surface area contributed by atoms with E-state index in [4.69, 9.17) is 0 Å². The molecular weight excluding hydrogens is 226 g/mol. The van der Waals surface area contributed by atoms with Crippen molar-refractivity contribution >= 4 is 6.03 Å². The Hall–Kier alpha value is -0.770. The zero-order chi connectivity index (χ0) is 12.8. The van der Waals surface area contributed by atoms with Gasteiger partial charge in [-0.2, -0.15) is 0 Å². The number of hydrogen-bond acceptors (Lipinski definition) is 2. The molecule has 2 rings (SSSR count). The fourth-order valence-corrected chi connectivity index (χ4v) is 3.08. The Bertz CT molecular complexity index is 256. The Morgan fingerprint density at radius 2 is 1.83 bits per heavy atom. The summed E-state index contributed by atoms with van der Waals surface area (Å²) in [6.45, 7) is 2.13. The van der Waals surface area contributed by atoms with Crippen molar-refractivity contribution in [1.82, 2.24) is 15.5 Å². The third kappa shape index (κ3) is 3.87. The van der Waals surface area contributed by atoms with Crippen LogP contribution in [0.15, 0.2) is 0 Å². The van der Waals surface area contributed by atoms with E-state index in [2.05, 4.69) is 10.6 Å². The Labute approximate surface area is 110 Å². The van der Waals surface area contributed by atoms with Crippen molar-refractivity contribution in [3.05, 3.63) is 0 Å². The molecule has 1 saturated heterocycles. The molecule has 18 heavy (non-hydrogen) atoms. The number of urea groups is 1. The van der Waals surface area contributed by atoms with E-state index in [1.54, 1.807) is 0 Å². The predicted molar refractivity (Wildman–Crippen MR) is 73.7 cm³/mol. The highest BCUT2D eigenvalue weighted by molar-refractivity contribution is 5.74. The summed E-state index contributed by atoms with van der Waals surface area (Å²) < 4.78 is 0. The number of nitrogens with one attached hydrogen (secondary N) is 2. The van der Waals surface area contributed by atoms with Gasteiger partial charge in [0, 0.05) is 19.1 Å². The number of carbonyl (C=O) groups excluding carboxylic acids is 1. The molecule has 0 aromatic rings. The smallest absolute Gasteiger partial charge is 0.317 e. The monoisotopic (exact) mass is 253 g/mol. The molecule has 2 N–H and O–H groups in total. The molecule has 0 radical (unpaired) electrons. The first-order chi connectivity index (χ1) is 8.77. The molecule has 0 aromatic heterocycles. The van der Waals surface area contributed by atoms with Gasteiger partial charge >= 0.3 is 6.03 Å². The van der Waals surface area contributed by atoms with Gasteiger partial charge in [0.1, 0.15) is 0 Å². The summed E-state index contributed by atoms with van der Waals surface area (Å²) in [5.74, 6) is 0. The summed E-state index contributed by atoms with van der Waals surface area (Å²) >= 11 is 0. The lowest BCUT2D eigenvalue weighted by Gasteiger charge is -2.30. The summed E-state index contributed by atoms with van der Waals surface area (Å²) in [5.41, 5.74) is 0. The highest BCUT2D eigenvalue weighted by Crippen LogP contribution is 2.18. The molecule has 0 bridgehead atoms. The lowest BCUT2D eigenvalue weighted by molar-refractivity contribution is 0.178. The quantitative estimate of drug-likeness (QED) is 0.791. The Balaban J connectivity index is 1.79. The summed E-state index contributed by atoms with van der Waals surface area (Å²) in [6.07, 6.45) is 9.56. The molecule has 1 heterocycles. The van der Waals surface area contributed by atoms with Crippen LogP contribution in [0.25, 0.3) is 0 Å². The van der Waals surface area contributed by atoms with Gasteiger partial charge in [0.2, 0.25) is 0 Å². The second kappa shape index (κ2) is 6.98. The molecule has 0 spiro atoms. The van der Waals surface area contributed by atoms with Crippen molar-refractivity contribution in [2.75, 3.05) is 20.1 Å². The first-order valence-corrected chi connectivity index (χ1v) is 7.51. The molecule has 4 nitrogen and oxygen atoms in total. The van der Waals surface area contributed by atoms with Gasteiger partial charge in [0.25, 0.3) is 0 Å². The minimum absolute atomic E-state index is 0.133. The largest absolute Gasteiger partial charge is 0.335 e. The van der Waals surface area contributed by atoms with Gasteiger partial charge in [0.15, 0.2) is 0 Å². The summed E-state index contributed by atoms with van der Waals surface area (Å²) in [4.78, 5) is 14.1. The molecule has 1 atom stereocenters. The Kier molecular flexibility index (Phi) is 5.29. The Morgan fingerprint density at radius 1 is 1.06 bits per heavy atom. The third-order valence-electron chi connectivity index (χ3n) is 4.35. The lowest BCUT2D eigenvalue weighted by atomic mass is 9.96. The highest BCUT2D eigenvalue weighted by atomic mass is 16.2. The molecule has 2 fully saturated rings. The van der Waals surface area contributed by atoms with Crippen LogP contribution in [-0.4, -0.2) is 43.2 Å². The van der Waals surface area contributed by atoms with Gasteiger partial charge in [-0.1, -0.05) is 19.3 Å². The fraction of sp³-hybridized carbons (Fsp3) is 0.929. The molecule has 104 valence electrons. The van der Waals surface area contributed by atoms with Gasteiger partial charge in [-0.25, -0.2) is 4.79 Å². The van der Waals surface area contributed by atoms with E-state index >= 15 is 0 Å². The zero-order valence-electron chi connectivity index (χ0n) is 11.6. The van der Waals surface area contributed by atoms with E-state index in [0.717, 1.165) is 38.8 Å². The van der Waals surface area contributed by atoms with E-state index < -0.39 is 0 Å². The fourth-order valence-electron chi connectivity index (χ4n) is 3.08. The third-order valence-corrected chi connectivity index (χ3v) is 4.35. The second-order valence-electron chi connectivity index (χ2n) is 5.73. The van der Waals surface area contributed by atoms with Gasteiger partial charge in [0.05, 0.1) is 0 Å². The topological polar surface area (TPSA) is 44.4 Å². The minimum atomic E-state index is 0.133. The van der Waals surface area contributed by atoms with Gasteiger partial charge < -0.3 is 15.5 Å². The van der Waals surface area contributed by atoms with Crippen LogP contribution in [0.3, 0.4) is 0 Å². The molecule has 1 aliphatic carbocycles. The number of rotatable bonds is 2. The first kappa shape index (κ1) is 13.7. The Morgan fingerprint density at radius 3 is 2.61 bits per heavy atom. The van der Waals surface area contributed by atoms with Gasteiger partial charge in [-0.15, -0.1) is 0 Å². The van der Waals surface area contributed by atoms with E-state index in [0.29, 0.717) is 12.1 Å². The van der Waals surface area contributed by atoms with Crippen molar-refractivity contribution in [2.45, 2.75) is 63.5 Å². The van der Waals surface area contributed by atoms with E-state index in [1.165, 1.54) is 25.7 Å². The average Bonchev–Trinajstić information content (AvgIpc) is 2.68. The van der Waals surface area contributed by atoms with Crippen LogP contribution in [0.2, 0.25) is 0 Å². The maximum atomic E-state index is 12.2. The molecule has 4 heteroatoms. The van der Waals surface area contributed by atoms with Gasteiger partial charge in [-0.05, 0) is 45.2 Å². The van der Waals surface area contributed by atoms with E-state index in [-0.39, 0.29) is 6.03 Å². The van der Waals surface area contributed by atoms with Crippen LogP contribution in [0.4, 0.5) is 4.79 Å². The number of amides is 2. The molecule has 2 aliphatic rings. The summed E-state index contributed by atoms with van der Waals surface area (Å²) in [6, 6.07) is 0.954. The number of nitrogens with zero attached hydrogens (tertiary/aromatic N) is 1. The zero-order valence-corrected chi connectivity index (χ0v) is 11.6. The van der Waals surface area contributed by atoms with Crippen LogP contribution in [0.1, 0.15) is 51.4 Å². The lowest BCUT2D eigenvalue weighted by Crippen LogP contribution is -2.48. The van der Waals surface area contributed by atoms with E-state index in [1.807, 2.05) is 11.9 Å². The van der Waals surface area contributed by atoms with Crippen LogP contribution < -0.4 is 10.6 Å². The highest BCUT2D eigenvalue weighted by Gasteiger charge is 2.23. The maximum absolute atomic E-state index is 12.2. The van der Waals surface area contributed by atoms with E-state index in [9.17, 15) is 4.79 Å². The van der Waals surface area contributed by atoms with Crippen molar-refractivity contribution in [3.63, 3.8) is 0 Å². The standard InChI is InChI=1S/C14H27N3O/c1-17(13-8-5-10-15-11-9-13)14(18)16-12-6-3-2-4-7-12/h12-13,15H,2-11H2,1H3,(H,16,18). The summed E-state index contributed by atoms with van der Waals surface area (Å²) in [5, 5.41) is 6.60. The average molecular weight is 253 g/mol. The van der Waals surface area contributed by atoms with Crippen molar-refractivity contribution in [3.8, 4) is 0 Å². The second-order valence-corrected chi connectivity index (χ2v) is 5.73. The van der Waals surface area contributed by atoms with Crippen LogP contribution >= 0.6 is 0 Å².